The number of likely N-dealkylation sites (N-methyl/N-ethyl adjacent to an activating group) is 1. The average molecular weight is 280 g/mol. The highest BCUT2D eigenvalue weighted by atomic mass is 19.1. The summed E-state index contributed by atoms with van der Waals surface area (Å²) in [5.41, 5.74) is 0.622. The molecule has 0 saturated carbocycles. The summed E-state index contributed by atoms with van der Waals surface area (Å²) < 4.78 is 28.0. The number of halogens is 2. The molecule has 1 heterocycles. The highest BCUT2D eigenvalue weighted by molar-refractivity contribution is 5.17. The molecule has 0 aliphatic rings. The number of aryl methyl sites for hydroxylation is 2. The largest absolute Gasteiger partial charge is 0.300 e. The molecule has 108 valence electrons. The molecule has 0 aliphatic carbocycles. The minimum Gasteiger partial charge on any atom is -0.300 e. The van der Waals surface area contributed by atoms with Crippen LogP contribution in [0.1, 0.15) is 17.2 Å². The third-order valence-corrected chi connectivity index (χ3v) is 3.03. The number of aromatic nitrogens is 3. The molecule has 0 saturated heterocycles. The smallest absolute Gasteiger partial charge is 0.147 e. The van der Waals surface area contributed by atoms with Crippen molar-refractivity contribution < 1.29 is 8.78 Å². The van der Waals surface area contributed by atoms with Crippen LogP contribution in [0.25, 0.3) is 0 Å². The third kappa shape index (κ3) is 3.84. The van der Waals surface area contributed by atoms with Gasteiger partial charge >= 0.3 is 0 Å². The minimum absolute atomic E-state index is 0.488. The van der Waals surface area contributed by atoms with Gasteiger partial charge in [-0.05, 0) is 38.6 Å². The van der Waals surface area contributed by atoms with E-state index in [0.717, 1.165) is 24.3 Å². The number of rotatable bonds is 5. The molecule has 2 rings (SSSR count). The molecule has 1 aromatic heterocycles. The molecule has 2 aromatic rings. The Morgan fingerprint density at radius 2 is 1.80 bits per heavy atom. The van der Waals surface area contributed by atoms with Crippen molar-refractivity contribution >= 4 is 0 Å². The topological polar surface area (TPSA) is 34.0 Å². The lowest BCUT2D eigenvalue weighted by molar-refractivity contribution is 0.302. The Balaban J connectivity index is 1.92. The Bertz CT molecular complexity index is 575. The Kier molecular flexibility index (Phi) is 4.44. The lowest BCUT2D eigenvalue weighted by Gasteiger charge is -2.17. The molecule has 0 fully saturated rings. The summed E-state index contributed by atoms with van der Waals surface area (Å²) in [5.74, 6) is 0.525. The van der Waals surface area contributed by atoms with E-state index in [9.17, 15) is 8.78 Å². The average Bonchev–Trinajstić information content (AvgIpc) is 2.64. The minimum atomic E-state index is -0.545. The molecular weight excluding hydrogens is 262 g/mol. The summed E-state index contributed by atoms with van der Waals surface area (Å²) in [4.78, 5) is 6.22. The van der Waals surface area contributed by atoms with Crippen LogP contribution in [0, 0.1) is 25.5 Å². The highest BCUT2D eigenvalue weighted by Gasteiger charge is 2.07. The normalized spacial score (nSPS) is 11.3. The molecule has 0 radical (unpaired) electrons. The molecule has 0 spiro atoms. The fourth-order valence-corrected chi connectivity index (χ4v) is 2.13. The van der Waals surface area contributed by atoms with Crippen molar-refractivity contribution in [3.8, 4) is 0 Å². The van der Waals surface area contributed by atoms with Crippen LogP contribution >= 0.6 is 0 Å². The van der Waals surface area contributed by atoms with Gasteiger partial charge in [-0.25, -0.2) is 18.4 Å². The van der Waals surface area contributed by atoms with E-state index < -0.39 is 11.6 Å². The number of hydrogen-bond donors (Lipinski definition) is 0. The van der Waals surface area contributed by atoms with E-state index >= 15 is 0 Å². The molecule has 20 heavy (non-hydrogen) atoms. The lowest BCUT2D eigenvalue weighted by Crippen LogP contribution is -2.24. The van der Waals surface area contributed by atoms with Crippen molar-refractivity contribution in [2.75, 3.05) is 13.6 Å². The van der Waals surface area contributed by atoms with E-state index in [1.54, 1.807) is 0 Å². The summed E-state index contributed by atoms with van der Waals surface area (Å²) in [6.07, 6.45) is 0. The Morgan fingerprint density at radius 3 is 2.35 bits per heavy atom. The van der Waals surface area contributed by atoms with Gasteiger partial charge in [0, 0.05) is 19.2 Å². The zero-order valence-electron chi connectivity index (χ0n) is 11.9. The molecule has 6 heteroatoms. The molecule has 0 atom stereocenters. The zero-order chi connectivity index (χ0) is 14.7. The van der Waals surface area contributed by atoms with Gasteiger partial charge in [0.15, 0.2) is 0 Å². The van der Waals surface area contributed by atoms with Crippen LogP contribution in [0.4, 0.5) is 8.78 Å². The maximum Gasteiger partial charge on any atom is 0.147 e. The number of hydrogen-bond acceptors (Lipinski definition) is 3. The van der Waals surface area contributed by atoms with E-state index in [1.807, 2.05) is 30.5 Å². The van der Waals surface area contributed by atoms with Crippen LogP contribution in [0.15, 0.2) is 18.2 Å². The molecule has 1 aromatic carbocycles. The van der Waals surface area contributed by atoms with Crippen molar-refractivity contribution in [3.63, 3.8) is 0 Å². The van der Waals surface area contributed by atoms with Crippen LogP contribution in [0.5, 0.6) is 0 Å². The van der Waals surface area contributed by atoms with E-state index in [2.05, 4.69) is 10.1 Å². The lowest BCUT2D eigenvalue weighted by atomic mass is 10.2. The maximum atomic E-state index is 13.1. The third-order valence-electron chi connectivity index (χ3n) is 3.03. The van der Waals surface area contributed by atoms with E-state index in [-0.39, 0.29) is 0 Å². The van der Waals surface area contributed by atoms with Crippen molar-refractivity contribution in [3.05, 3.63) is 47.0 Å². The van der Waals surface area contributed by atoms with E-state index in [1.165, 1.54) is 12.1 Å². The van der Waals surface area contributed by atoms with Gasteiger partial charge in [0.05, 0.1) is 6.54 Å². The summed E-state index contributed by atoms with van der Waals surface area (Å²) in [7, 11) is 1.90. The predicted molar refractivity (Wildman–Crippen MR) is 72.2 cm³/mol. The second-order valence-electron chi connectivity index (χ2n) is 4.94. The first-order valence-corrected chi connectivity index (χ1v) is 6.45. The Hall–Kier alpha value is -1.82. The fraction of sp³-hybridized carbons (Fsp3) is 0.429. The first kappa shape index (κ1) is 14.6. The standard InChI is InChI=1S/C14H18F2N4/c1-10-17-11(2)20(18-10)5-4-19(3)9-12-6-13(15)8-14(16)7-12/h6-8H,4-5,9H2,1-3H3. The fourth-order valence-electron chi connectivity index (χ4n) is 2.13. The van der Waals surface area contributed by atoms with Crippen LogP contribution in [-0.4, -0.2) is 33.3 Å². The summed E-state index contributed by atoms with van der Waals surface area (Å²) in [6, 6.07) is 3.58. The summed E-state index contributed by atoms with van der Waals surface area (Å²) >= 11 is 0. The number of benzene rings is 1. The Morgan fingerprint density at radius 1 is 1.15 bits per heavy atom. The predicted octanol–water partition coefficient (Wildman–Crippen LogP) is 2.31. The van der Waals surface area contributed by atoms with Crippen LogP contribution < -0.4 is 0 Å². The van der Waals surface area contributed by atoms with Crippen molar-refractivity contribution in [2.24, 2.45) is 0 Å². The van der Waals surface area contributed by atoms with Crippen LogP contribution in [0.3, 0.4) is 0 Å². The molecule has 0 bridgehead atoms. The van der Waals surface area contributed by atoms with Crippen LogP contribution in [-0.2, 0) is 13.1 Å². The van der Waals surface area contributed by atoms with Gasteiger partial charge in [0.2, 0.25) is 0 Å². The van der Waals surface area contributed by atoms with Gasteiger partial charge in [0.1, 0.15) is 23.3 Å². The number of nitrogens with zero attached hydrogens (tertiary/aromatic N) is 4. The molecule has 0 unspecified atom stereocenters. The quantitative estimate of drug-likeness (QED) is 0.843. The Labute approximate surface area is 117 Å². The zero-order valence-corrected chi connectivity index (χ0v) is 11.9. The molecular formula is C14H18F2N4. The summed E-state index contributed by atoms with van der Waals surface area (Å²) in [5, 5.41) is 4.28. The van der Waals surface area contributed by atoms with E-state index in [0.29, 0.717) is 18.7 Å². The van der Waals surface area contributed by atoms with Crippen molar-refractivity contribution in [1.29, 1.82) is 0 Å². The maximum absolute atomic E-state index is 13.1. The molecule has 0 amide bonds. The van der Waals surface area contributed by atoms with Crippen molar-refractivity contribution in [1.82, 2.24) is 19.7 Å². The molecule has 0 N–H and O–H groups in total. The molecule has 0 aliphatic heterocycles. The SMILES string of the molecule is Cc1nc(C)n(CCN(C)Cc2cc(F)cc(F)c2)n1. The van der Waals surface area contributed by atoms with E-state index in [4.69, 9.17) is 0 Å². The van der Waals surface area contributed by atoms with Gasteiger partial charge in [-0.1, -0.05) is 0 Å². The van der Waals surface area contributed by atoms with Gasteiger partial charge in [-0.2, -0.15) is 5.10 Å². The second kappa shape index (κ2) is 6.09. The first-order valence-electron chi connectivity index (χ1n) is 6.45. The summed E-state index contributed by atoms with van der Waals surface area (Å²) in [6.45, 7) is 5.66. The van der Waals surface area contributed by atoms with Gasteiger partial charge < -0.3 is 4.90 Å². The molecule has 4 nitrogen and oxygen atoms in total. The van der Waals surface area contributed by atoms with Crippen molar-refractivity contribution in [2.45, 2.75) is 26.9 Å². The first-order chi connectivity index (χ1) is 9.44. The second-order valence-corrected chi connectivity index (χ2v) is 4.94. The van der Waals surface area contributed by atoms with Gasteiger partial charge in [-0.3, -0.25) is 0 Å². The van der Waals surface area contributed by atoms with Gasteiger partial charge in [0.25, 0.3) is 0 Å². The van der Waals surface area contributed by atoms with Gasteiger partial charge in [-0.15, -0.1) is 0 Å². The highest BCUT2D eigenvalue weighted by Crippen LogP contribution is 2.10. The monoisotopic (exact) mass is 280 g/mol. The van der Waals surface area contributed by atoms with Crippen LogP contribution in [0.2, 0.25) is 0 Å².